The van der Waals surface area contributed by atoms with E-state index >= 15 is 0 Å². The van der Waals surface area contributed by atoms with Crippen molar-refractivity contribution in [3.8, 4) is 17.6 Å². The Balaban J connectivity index is 1.86. The Morgan fingerprint density at radius 3 is 2.95 bits per heavy atom. The number of hydrogen-bond acceptors (Lipinski definition) is 3. The lowest BCUT2D eigenvalue weighted by Crippen LogP contribution is -2.37. The van der Waals surface area contributed by atoms with Gasteiger partial charge in [-0.3, -0.25) is 4.79 Å². The molecule has 21 heavy (non-hydrogen) atoms. The predicted molar refractivity (Wildman–Crippen MR) is 79.1 cm³/mol. The number of benzene rings is 1. The third-order valence-corrected chi connectivity index (χ3v) is 4.42. The van der Waals surface area contributed by atoms with Gasteiger partial charge in [0.05, 0.1) is 12.7 Å². The van der Waals surface area contributed by atoms with E-state index in [1.54, 1.807) is 25.3 Å². The van der Waals surface area contributed by atoms with E-state index in [0.717, 1.165) is 19.4 Å². The first-order chi connectivity index (χ1) is 10.2. The summed E-state index contributed by atoms with van der Waals surface area (Å²) in [6, 6.07) is 5.73. The van der Waals surface area contributed by atoms with E-state index in [9.17, 15) is 4.79 Å². The average molecular weight is 285 g/mol. The number of fused-ring (bicyclic) bond motifs is 2. The fourth-order valence-electron chi connectivity index (χ4n) is 3.41. The van der Waals surface area contributed by atoms with E-state index in [-0.39, 0.29) is 12.5 Å². The average Bonchev–Trinajstić information content (AvgIpc) is 3.14. The van der Waals surface area contributed by atoms with Crippen LogP contribution in [0.4, 0.5) is 0 Å². The topological polar surface area (TPSA) is 49.8 Å². The lowest BCUT2D eigenvalue weighted by Gasteiger charge is -2.27. The number of aliphatic hydroxyl groups is 1. The zero-order chi connectivity index (χ0) is 14.8. The third-order valence-electron chi connectivity index (χ3n) is 4.42. The molecule has 4 nitrogen and oxygen atoms in total. The summed E-state index contributed by atoms with van der Waals surface area (Å²) in [6.07, 6.45) is 3.53. The van der Waals surface area contributed by atoms with Crippen molar-refractivity contribution in [2.45, 2.75) is 25.3 Å². The molecule has 2 unspecified atom stereocenters. The normalized spacial score (nSPS) is 22.9. The standard InChI is InChI=1S/C17H19NO3/c1-21-16-7-5-14(10-13(16)3-2-8-19)17(20)18-11-12-4-6-15(18)9-12/h5,7,10,12,15,19H,4,6,8-9,11H2,1H3. The molecule has 2 atom stereocenters. The van der Waals surface area contributed by atoms with Crippen LogP contribution >= 0.6 is 0 Å². The fraction of sp³-hybridized carbons (Fsp3) is 0.471. The maximum absolute atomic E-state index is 12.6. The van der Waals surface area contributed by atoms with Gasteiger partial charge < -0.3 is 14.7 Å². The van der Waals surface area contributed by atoms with Crippen LogP contribution in [-0.4, -0.2) is 42.2 Å². The minimum absolute atomic E-state index is 0.0805. The van der Waals surface area contributed by atoms with E-state index in [2.05, 4.69) is 11.8 Å². The smallest absolute Gasteiger partial charge is 0.254 e. The van der Waals surface area contributed by atoms with Gasteiger partial charge in [0.1, 0.15) is 12.4 Å². The fourth-order valence-corrected chi connectivity index (χ4v) is 3.41. The predicted octanol–water partition coefficient (Wildman–Crippen LogP) is 1.66. The van der Waals surface area contributed by atoms with Crippen molar-refractivity contribution in [1.29, 1.82) is 0 Å². The molecule has 1 aromatic rings. The van der Waals surface area contributed by atoms with Crippen LogP contribution in [0.3, 0.4) is 0 Å². The molecule has 2 bridgehead atoms. The number of carbonyl (C=O) groups is 1. The number of piperidine rings is 1. The van der Waals surface area contributed by atoms with E-state index in [1.165, 1.54) is 6.42 Å². The van der Waals surface area contributed by atoms with Crippen LogP contribution in [0.2, 0.25) is 0 Å². The van der Waals surface area contributed by atoms with Crippen molar-refractivity contribution in [3.05, 3.63) is 29.3 Å². The van der Waals surface area contributed by atoms with Crippen LogP contribution in [0.25, 0.3) is 0 Å². The number of likely N-dealkylation sites (tertiary alicyclic amines) is 1. The molecule has 1 aromatic carbocycles. The Morgan fingerprint density at radius 1 is 1.48 bits per heavy atom. The number of rotatable bonds is 2. The van der Waals surface area contributed by atoms with Crippen LogP contribution < -0.4 is 4.74 Å². The molecule has 0 spiro atoms. The number of amides is 1. The van der Waals surface area contributed by atoms with Crippen molar-refractivity contribution in [2.75, 3.05) is 20.3 Å². The highest BCUT2D eigenvalue weighted by atomic mass is 16.5. The van der Waals surface area contributed by atoms with Crippen LogP contribution in [0, 0.1) is 17.8 Å². The van der Waals surface area contributed by atoms with E-state index in [0.29, 0.717) is 28.8 Å². The Morgan fingerprint density at radius 2 is 2.33 bits per heavy atom. The van der Waals surface area contributed by atoms with Crippen LogP contribution in [0.5, 0.6) is 5.75 Å². The molecular weight excluding hydrogens is 266 g/mol. The zero-order valence-corrected chi connectivity index (χ0v) is 12.1. The SMILES string of the molecule is COc1ccc(C(=O)N2CC3CCC2C3)cc1C#CCO. The molecule has 1 saturated heterocycles. The molecule has 1 aliphatic heterocycles. The molecule has 0 radical (unpaired) electrons. The Labute approximate surface area is 124 Å². The molecule has 1 aliphatic carbocycles. The van der Waals surface area contributed by atoms with E-state index < -0.39 is 0 Å². The van der Waals surface area contributed by atoms with Gasteiger partial charge in [-0.05, 0) is 43.4 Å². The lowest BCUT2D eigenvalue weighted by atomic mass is 10.1. The maximum Gasteiger partial charge on any atom is 0.254 e. The van der Waals surface area contributed by atoms with Gasteiger partial charge in [-0.1, -0.05) is 11.8 Å². The first-order valence-electron chi connectivity index (χ1n) is 7.31. The van der Waals surface area contributed by atoms with Crippen molar-refractivity contribution in [3.63, 3.8) is 0 Å². The number of methoxy groups -OCH3 is 1. The van der Waals surface area contributed by atoms with Crippen LogP contribution in [0.15, 0.2) is 18.2 Å². The number of ether oxygens (including phenoxy) is 1. The zero-order valence-electron chi connectivity index (χ0n) is 12.1. The summed E-state index contributed by atoms with van der Waals surface area (Å²) in [7, 11) is 1.57. The highest BCUT2D eigenvalue weighted by Gasteiger charge is 2.40. The summed E-state index contributed by atoms with van der Waals surface area (Å²) >= 11 is 0. The van der Waals surface area contributed by atoms with Gasteiger partial charge >= 0.3 is 0 Å². The molecule has 1 N–H and O–H groups in total. The second-order valence-corrected chi connectivity index (χ2v) is 5.67. The second kappa shape index (κ2) is 5.79. The summed E-state index contributed by atoms with van der Waals surface area (Å²) in [5.74, 6) is 6.83. The molecule has 1 heterocycles. The van der Waals surface area contributed by atoms with Gasteiger partial charge in [0.2, 0.25) is 0 Å². The highest BCUT2D eigenvalue weighted by molar-refractivity contribution is 5.95. The minimum atomic E-state index is -0.211. The van der Waals surface area contributed by atoms with Crippen molar-refractivity contribution in [2.24, 2.45) is 5.92 Å². The molecule has 0 aromatic heterocycles. The minimum Gasteiger partial charge on any atom is -0.495 e. The largest absolute Gasteiger partial charge is 0.495 e. The first-order valence-corrected chi connectivity index (χ1v) is 7.31. The number of aliphatic hydroxyl groups excluding tert-OH is 1. The molecule has 110 valence electrons. The van der Waals surface area contributed by atoms with Crippen molar-refractivity contribution < 1.29 is 14.6 Å². The quantitative estimate of drug-likeness (QED) is 0.841. The summed E-state index contributed by atoms with van der Waals surface area (Å²) < 4.78 is 5.24. The van der Waals surface area contributed by atoms with Gasteiger partial charge in [0, 0.05) is 18.2 Å². The second-order valence-electron chi connectivity index (χ2n) is 5.67. The van der Waals surface area contributed by atoms with Crippen molar-refractivity contribution >= 4 is 5.91 Å². The number of carbonyl (C=O) groups excluding carboxylic acids is 1. The summed E-state index contributed by atoms with van der Waals surface area (Å²) in [5.41, 5.74) is 1.28. The number of hydrogen-bond donors (Lipinski definition) is 1. The van der Waals surface area contributed by atoms with E-state index in [1.807, 2.05) is 4.90 Å². The van der Waals surface area contributed by atoms with Gasteiger partial charge in [0.15, 0.2) is 0 Å². The highest BCUT2D eigenvalue weighted by Crippen LogP contribution is 2.38. The molecule has 3 rings (SSSR count). The molecule has 2 aliphatic rings. The van der Waals surface area contributed by atoms with Crippen LogP contribution in [0.1, 0.15) is 35.2 Å². The monoisotopic (exact) mass is 285 g/mol. The summed E-state index contributed by atoms with van der Waals surface area (Å²) in [5, 5.41) is 8.82. The summed E-state index contributed by atoms with van der Waals surface area (Å²) in [6.45, 7) is 0.671. The Hall–Kier alpha value is -1.99. The third kappa shape index (κ3) is 2.62. The lowest BCUT2D eigenvalue weighted by molar-refractivity contribution is 0.0703. The van der Waals surface area contributed by atoms with Gasteiger partial charge in [-0.15, -0.1) is 0 Å². The van der Waals surface area contributed by atoms with Gasteiger partial charge in [-0.2, -0.15) is 0 Å². The van der Waals surface area contributed by atoms with Crippen LogP contribution in [-0.2, 0) is 0 Å². The van der Waals surface area contributed by atoms with Gasteiger partial charge in [-0.25, -0.2) is 0 Å². The Bertz CT molecular complexity index is 614. The maximum atomic E-state index is 12.6. The molecule has 1 amide bonds. The molecular formula is C17H19NO3. The Kier molecular flexibility index (Phi) is 3.85. The van der Waals surface area contributed by atoms with Gasteiger partial charge in [0.25, 0.3) is 5.91 Å². The first kappa shape index (κ1) is 14.0. The molecule has 1 saturated carbocycles. The van der Waals surface area contributed by atoms with Crippen molar-refractivity contribution in [1.82, 2.24) is 4.90 Å². The summed E-state index contributed by atoms with van der Waals surface area (Å²) in [4.78, 5) is 14.6. The molecule has 2 fully saturated rings. The molecule has 4 heteroatoms. The number of nitrogens with zero attached hydrogens (tertiary/aromatic N) is 1. The van der Waals surface area contributed by atoms with E-state index in [4.69, 9.17) is 9.84 Å².